The number of hydrogen-bond acceptors (Lipinski definition) is 5. The van der Waals surface area contributed by atoms with Gasteiger partial charge in [-0.05, 0) is 55.8 Å². The second-order valence-corrected chi connectivity index (χ2v) is 9.77. The van der Waals surface area contributed by atoms with Gasteiger partial charge in [0.05, 0.1) is 22.2 Å². The lowest BCUT2D eigenvalue weighted by molar-refractivity contribution is 0.103. The number of nitrogens with zero attached hydrogens (tertiary/aromatic N) is 4. The highest BCUT2D eigenvalue weighted by atomic mass is 16.1. The molecule has 0 saturated carbocycles. The third-order valence-corrected chi connectivity index (χ3v) is 7.29. The second-order valence-electron chi connectivity index (χ2n) is 9.77. The van der Waals surface area contributed by atoms with Crippen LogP contribution in [0.4, 0.5) is 5.69 Å². The molecule has 1 fully saturated rings. The molecule has 5 rings (SSSR count). The molecule has 2 aliphatic rings. The third-order valence-electron chi connectivity index (χ3n) is 7.29. The number of carbonyl (C=O) groups excluding carboxylic acids is 1. The maximum absolute atomic E-state index is 13.4. The Morgan fingerprint density at radius 1 is 0.882 bits per heavy atom. The molecule has 6 nitrogen and oxygen atoms in total. The summed E-state index contributed by atoms with van der Waals surface area (Å²) in [4.78, 5) is 36.0. The van der Waals surface area contributed by atoms with E-state index < -0.39 is 0 Å². The fraction of sp³-hybridized carbons (Fsp3) is 0.464. The van der Waals surface area contributed by atoms with Crippen LogP contribution in [0.1, 0.15) is 67.2 Å². The van der Waals surface area contributed by atoms with Crippen LogP contribution in [0.2, 0.25) is 0 Å². The molecular weight excluding hydrogens is 424 g/mol. The zero-order chi connectivity index (χ0) is 23.7. The van der Waals surface area contributed by atoms with Gasteiger partial charge >= 0.3 is 0 Å². The topological polar surface area (TPSA) is 58.4 Å². The van der Waals surface area contributed by atoms with E-state index >= 15 is 0 Å². The predicted molar refractivity (Wildman–Crippen MR) is 138 cm³/mol. The van der Waals surface area contributed by atoms with Crippen molar-refractivity contribution in [2.24, 2.45) is 0 Å². The molecule has 0 N–H and O–H groups in total. The molecule has 2 aromatic carbocycles. The first-order chi connectivity index (χ1) is 16.6. The Bertz CT molecular complexity index is 1270. The average Bonchev–Trinajstić information content (AvgIpc) is 3.13. The average molecular weight is 459 g/mol. The SMILES string of the molecule is CCCCCCCCc1ccc2c(c1)C(=O)c1nc3cc(N4CCN(C)CC4)ccc3c(=O)n1-2. The van der Waals surface area contributed by atoms with Gasteiger partial charge in [0.15, 0.2) is 5.82 Å². The van der Waals surface area contributed by atoms with Crippen LogP contribution in [0.25, 0.3) is 16.6 Å². The maximum Gasteiger partial charge on any atom is 0.266 e. The highest BCUT2D eigenvalue weighted by molar-refractivity contribution is 6.13. The quantitative estimate of drug-likeness (QED) is 0.362. The van der Waals surface area contributed by atoms with Gasteiger partial charge in [0.25, 0.3) is 5.56 Å². The van der Waals surface area contributed by atoms with Crippen molar-refractivity contribution in [3.8, 4) is 5.69 Å². The summed E-state index contributed by atoms with van der Waals surface area (Å²) in [5, 5.41) is 0.554. The van der Waals surface area contributed by atoms with Crippen LogP contribution in [0.15, 0.2) is 41.2 Å². The number of aromatic nitrogens is 2. The van der Waals surface area contributed by atoms with E-state index in [9.17, 15) is 9.59 Å². The zero-order valence-corrected chi connectivity index (χ0v) is 20.3. The Morgan fingerprint density at radius 3 is 2.44 bits per heavy atom. The fourth-order valence-electron chi connectivity index (χ4n) is 5.16. The van der Waals surface area contributed by atoms with Crippen molar-refractivity contribution in [1.82, 2.24) is 14.5 Å². The van der Waals surface area contributed by atoms with Crippen molar-refractivity contribution in [3.63, 3.8) is 0 Å². The first kappa shape index (κ1) is 22.8. The minimum atomic E-state index is -0.166. The Balaban J connectivity index is 1.40. The number of fused-ring (bicyclic) bond motifs is 4. The summed E-state index contributed by atoms with van der Waals surface area (Å²) in [6.45, 7) is 6.13. The minimum absolute atomic E-state index is 0.149. The Labute approximate surface area is 201 Å². The number of benzene rings is 2. The molecule has 0 atom stereocenters. The number of ketones is 1. The van der Waals surface area contributed by atoms with Crippen LogP contribution in [0.3, 0.4) is 0 Å². The van der Waals surface area contributed by atoms with Gasteiger partial charge in [-0.25, -0.2) is 4.98 Å². The van der Waals surface area contributed by atoms with E-state index in [1.807, 2.05) is 30.3 Å². The zero-order valence-electron chi connectivity index (χ0n) is 20.3. The molecule has 0 aliphatic carbocycles. The molecule has 178 valence electrons. The number of anilines is 1. The lowest BCUT2D eigenvalue weighted by atomic mass is 10.0. The van der Waals surface area contributed by atoms with Crippen molar-refractivity contribution in [2.75, 3.05) is 38.1 Å². The number of piperazine rings is 1. The van der Waals surface area contributed by atoms with Gasteiger partial charge in [0.2, 0.25) is 5.78 Å². The van der Waals surface area contributed by atoms with E-state index in [0.29, 0.717) is 22.2 Å². The summed E-state index contributed by atoms with van der Waals surface area (Å²) < 4.78 is 1.50. The number of hydrogen-bond donors (Lipinski definition) is 0. The van der Waals surface area contributed by atoms with Crippen LogP contribution in [0, 0.1) is 0 Å². The summed E-state index contributed by atoms with van der Waals surface area (Å²) in [6.07, 6.45) is 8.43. The van der Waals surface area contributed by atoms with E-state index in [2.05, 4.69) is 29.8 Å². The highest BCUT2D eigenvalue weighted by Gasteiger charge is 2.30. The van der Waals surface area contributed by atoms with Crippen molar-refractivity contribution in [1.29, 1.82) is 0 Å². The van der Waals surface area contributed by atoms with E-state index in [0.717, 1.165) is 50.3 Å². The molecule has 6 heteroatoms. The largest absolute Gasteiger partial charge is 0.369 e. The van der Waals surface area contributed by atoms with E-state index in [1.165, 1.54) is 36.7 Å². The molecule has 34 heavy (non-hydrogen) atoms. The van der Waals surface area contributed by atoms with Crippen molar-refractivity contribution < 1.29 is 4.79 Å². The van der Waals surface area contributed by atoms with Gasteiger partial charge in [0.1, 0.15) is 0 Å². The number of unbranched alkanes of at least 4 members (excludes halogenated alkanes) is 5. The summed E-state index contributed by atoms with van der Waals surface area (Å²) >= 11 is 0. The van der Waals surface area contributed by atoms with Gasteiger partial charge in [-0.2, -0.15) is 0 Å². The van der Waals surface area contributed by atoms with Crippen molar-refractivity contribution >= 4 is 22.4 Å². The predicted octanol–water partition coefficient (Wildman–Crippen LogP) is 4.58. The smallest absolute Gasteiger partial charge is 0.266 e. The molecule has 2 aliphatic heterocycles. The van der Waals surface area contributed by atoms with Gasteiger partial charge in [-0.3, -0.25) is 14.2 Å². The second kappa shape index (κ2) is 9.71. The molecule has 1 aromatic heterocycles. The summed E-state index contributed by atoms with van der Waals surface area (Å²) in [5.41, 5.74) is 3.91. The van der Waals surface area contributed by atoms with Crippen molar-refractivity contribution in [3.05, 3.63) is 63.7 Å². The van der Waals surface area contributed by atoms with Gasteiger partial charge in [-0.1, -0.05) is 45.1 Å². The Hall–Kier alpha value is -2.99. The summed E-state index contributed by atoms with van der Waals surface area (Å²) in [7, 11) is 2.13. The van der Waals surface area contributed by atoms with E-state index in [-0.39, 0.29) is 17.2 Å². The van der Waals surface area contributed by atoms with Gasteiger partial charge in [0, 0.05) is 31.9 Å². The molecule has 0 spiro atoms. The Kier molecular flexibility index (Phi) is 6.50. The van der Waals surface area contributed by atoms with Crippen LogP contribution >= 0.6 is 0 Å². The molecule has 0 radical (unpaired) electrons. The number of rotatable bonds is 8. The monoisotopic (exact) mass is 458 g/mol. The van der Waals surface area contributed by atoms with Crippen molar-refractivity contribution in [2.45, 2.75) is 51.9 Å². The summed E-state index contributed by atoms with van der Waals surface area (Å²) in [5.74, 6) is 0.0866. The van der Waals surface area contributed by atoms with Crippen LogP contribution in [0.5, 0.6) is 0 Å². The normalized spacial score (nSPS) is 15.7. The van der Waals surface area contributed by atoms with E-state index in [1.54, 1.807) is 0 Å². The number of aryl methyl sites for hydroxylation is 1. The first-order valence-electron chi connectivity index (χ1n) is 12.7. The molecule has 0 bridgehead atoms. The molecule has 3 aromatic rings. The van der Waals surface area contributed by atoms with E-state index in [4.69, 9.17) is 4.98 Å². The molecule has 0 amide bonds. The standard InChI is InChI=1S/C28H34N4O2/c1-3-4-5-6-7-8-9-20-10-13-25-23(18-20)26(33)27-29-24-19-21(31-16-14-30(2)15-17-31)11-12-22(24)28(34)32(25)27/h10-13,18-19H,3-9,14-17H2,1-2H3. The summed E-state index contributed by atoms with van der Waals surface area (Å²) in [6, 6.07) is 11.8. The number of likely N-dealkylation sites (N-methyl/N-ethyl adjacent to an activating group) is 1. The number of carbonyl (C=O) groups is 1. The lowest BCUT2D eigenvalue weighted by Gasteiger charge is -2.34. The fourth-order valence-corrected chi connectivity index (χ4v) is 5.16. The first-order valence-corrected chi connectivity index (χ1v) is 12.7. The maximum atomic E-state index is 13.4. The molecule has 1 saturated heterocycles. The molecular formula is C28H34N4O2. The van der Waals surface area contributed by atoms with Gasteiger partial charge < -0.3 is 9.80 Å². The van der Waals surface area contributed by atoms with Gasteiger partial charge in [-0.15, -0.1) is 0 Å². The minimum Gasteiger partial charge on any atom is -0.369 e. The molecule has 3 heterocycles. The van der Waals surface area contributed by atoms with Crippen LogP contribution in [-0.4, -0.2) is 53.5 Å². The molecule has 0 unspecified atom stereocenters. The van der Waals surface area contributed by atoms with Crippen LogP contribution < -0.4 is 10.5 Å². The third kappa shape index (κ3) is 4.27. The Morgan fingerprint density at radius 2 is 1.65 bits per heavy atom. The highest BCUT2D eigenvalue weighted by Crippen LogP contribution is 2.29. The lowest BCUT2D eigenvalue weighted by Crippen LogP contribution is -2.44. The van der Waals surface area contributed by atoms with Crippen LogP contribution in [-0.2, 0) is 6.42 Å².